The van der Waals surface area contributed by atoms with Gasteiger partial charge in [-0.05, 0) is 25.0 Å². The lowest BCUT2D eigenvalue weighted by Crippen LogP contribution is -2.54. The number of carboxylic acids is 2. The summed E-state index contributed by atoms with van der Waals surface area (Å²) in [6, 6.07) is 3.97. The molecule has 0 fully saturated rings. The van der Waals surface area contributed by atoms with Crippen LogP contribution >= 0.6 is 0 Å². The van der Waals surface area contributed by atoms with Crippen LogP contribution in [-0.4, -0.2) is 69.5 Å². The van der Waals surface area contributed by atoms with Crippen molar-refractivity contribution in [3.63, 3.8) is 0 Å². The third kappa shape index (κ3) is 7.61. The standard InChI is InChI=1S/C21H27N5O7/c1-11(21(32)33)25-20(31)16(8-12-9-23-15-5-3-2-4-13(12)15)26-17(27)10-24-19(30)14(22)6-7-18(28)29/h2-5,9,11,14,16,23H,6-8,10,22H2,1H3,(H,24,30)(H,25,31)(H,26,27)(H,28,29)(H,32,33). The van der Waals surface area contributed by atoms with Crippen LogP contribution in [0.2, 0.25) is 0 Å². The number of carbonyl (C=O) groups is 5. The van der Waals surface area contributed by atoms with E-state index in [1.807, 2.05) is 24.3 Å². The van der Waals surface area contributed by atoms with Crippen molar-refractivity contribution >= 4 is 40.6 Å². The molecule has 2 aromatic rings. The summed E-state index contributed by atoms with van der Waals surface area (Å²) < 4.78 is 0. The van der Waals surface area contributed by atoms with E-state index >= 15 is 0 Å². The summed E-state index contributed by atoms with van der Waals surface area (Å²) in [5.41, 5.74) is 7.16. The third-order valence-electron chi connectivity index (χ3n) is 4.91. The summed E-state index contributed by atoms with van der Waals surface area (Å²) in [5.74, 6) is -4.44. The van der Waals surface area contributed by atoms with Gasteiger partial charge in [-0.3, -0.25) is 24.0 Å². The first kappa shape index (κ1) is 25.3. The van der Waals surface area contributed by atoms with E-state index in [-0.39, 0.29) is 19.3 Å². The number of carboxylic acid groups (broad SMARTS) is 2. The molecule has 0 aliphatic heterocycles. The molecule has 0 aliphatic rings. The smallest absolute Gasteiger partial charge is 0.325 e. The van der Waals surface area contributed by atoms with E-state index in [1.165, 1.54) is 6.92 Å². The van der Waals surface area contributed by atoms with Gasteiger partial charge in [-0.2, -0.15) is 0 Å². The first-order valence-electron chi connectivity index (χ1n) is 10.2. The lowest BCUT2D eigenvalue weighted by molar-refractivity contribution is -0.141. The monoisotopic (exact) mass is 461 g/mol. The van der Waals surface area contributed by atoms with Gasteiger partial charge < -0.3 is 36.9 Å². The number of aliphatic carboxylic acids is 2. The van der Waals surface area contributed by atoms with E-state index in [4.69, 9.17) is 15.9 Å². The Morgan fingerprint density at radius 2 is 1.76 bits per heavy atom. The summed E-state index contributed by atoms with van der Waals surface area (Å²) in [6.45, 7) is 0.801. The first-order valence-corrected chi connectivity index (χ1v) is 10.2. The van der Waals surface area contributed by atoms with E-state index in [1.54, 1.807) is 6.20 Å². The van der Waals surface area contributed by atoms with Gasteiger partial charge in [0.1, 0.15) is 12.1 Å². The van der Waals surface area contributed by atoms with Gasteiger partial charge in [0.2, 0.25) is 17.7 Å². The van der Waals surface area contributed by atoms with Crippen LogP contribution in [0.15, 0.2) is 30.5 Å². The molecule has 2 rings (SSSR count). The second-order valence-electron chi connectivity index (χ2n) is 7.51. The van der Waals surface area contributed by atoms with Gasteiger partial charge >= 0.3 is 11.9 Å². The average Bonchev–Trinajstić information content (AvgIpc) is 3.17. The minimum atomic E-state index is -1.23. The van der Waals surface area contributed by atoms with E-state index in [0.29, 0.717) is 0 Å². The van der Waals surface area contributed by atoms with Crippen molar-refractivity contribution in [1.82, 2.24) is 20.9 Å². The van der Waals surface area contributed by atoms with Gasteiger partial charge in [-0.15, -0.1) is 0 Å². The van der Waals surface area contributed by atoms with Crippen molar-refractivity contribution in [3.8, 4) is 0 Å². The number of amides is 3. The highest BCUT2D eigenvalue weighted by Gasteiger charge is 2.26. The fraction of sp³-hybridized carbons (Fsp3) is 0.381. The van der Waals surface area contributed by atoms with Gasteiger partial charge in [-0.25, -0.2) is 0 Å². The van der Waals surface area contributed by atoms with Gasteiger partial charge in [0.15, 0.2) is 0 Å². The highest BCUT2D eigenvalue weighted by molar-refractivity contribution is 5.93. The number of benzene rings is 1. The minimum Gasteiger partial charge on any atom is -0.481 e. The molecule has 178 valence electrons. The van der Waals surface area contributed by atoms with Crippen LogP contribution in [0.5, 0.6) is 0 Å². The van der Waals surface area contributed by atoms with Crippen LogP contribution in [0.3, 0.4) is 0 Å². The summed E-state index contributed by atoms with van der Waals surface area (Å²) >= 11 is 0. The number of hydrogen-bond acceptors (Lipinski definition) is 6. The third-order valence-corrected chi connectivity index (χ3v) is 4.91. The van der Waals surface area contributed by atoms with E-state index in [0.717, 1.165) is 16.5 Å². The maximum Gasteiger partial charge on any atom is 0.325 e. The predicted octanol–water partition coefficient (Wildman–Crippen LogP) is -0.907. The maximum absolute atomic E-state index is 12.7. The van der Waals surface area contributed by atoms with E-state index < -0.39 is 54.3 Å². The molecule has 1 heterocycles. The zero-order chi connectivity index (χ0) is 24.5. The molecule has 0 aliphatic carbocycles. The number of H-pyrrole nitrogens is 1. The molecule has 3 unspecified atom stereocenters. The molecule has 0 bridgehead atoms. The molecule has 3 atom stereocenters. The fourth-order valence-electron chi connectivity index (χ4n) is 3.06. The number of hydrogen-bond donors (Lipinski definition) is 7. The van der Waals surface area contributed by atoms with Gasteiger partial charge in [0, 0.05) is 29.9 Å². The highest BCUT2D eigenvalue weighted by atomic mass is 16.4. The SMILES string of the molecule is CC(NC(=O)C(Cc1c[nH]c2ccccc12)NC(=O)CNC(=O)C(N)CCC(=O)O)C(=O)O. The van der Waals surface area contributed by atoms with Crippen LogP contribution in [-0.2, 0) is 30.4 Å². The molecule has 0 saturated carbocycles. The lowest BCUT2D eigenvalue weighted by Gasteiger charge is -2.20. The van der Waals surface area contributed by atoms with Crippen LogP contribution in [0.4, 0.5) is 0 Å². The summed E-state index contributed by atoms with van der Waals surface area (Å²) in [5, 5.41) is 25.7. The molecular weight excluding hydrogens is 434 g/mol. The Bertz CT molecular complexity index is 1030. The summed E-state index contributed by atoms with van der Waals surface area (Å²) in [6.07, 6.45) is 1.37. The Labute approximate surface area is 188 Å². The minimum absolute atomic E-state index is 0.0694. The molecule has 0 saturated heterocycles. The first-order chi connectivity index (χ1) is 15.6. The maximum atomic E-state index is 12.7. The summed E-state index contributed by atoms with van der Waals surface area (Å²) in [7, 11) is 0. The van der Waals surface area contributed by atoms with Crippen molar-refractivity contribution in [2.24, 2.45) is 5.73 Å². The fourth-order valence-corrected chi connectivity index (χ4v) is 3.06. The number of carbonyl (C=O) groups excluding carboxylic acids is 3. The van der Waals surface area contributed by atoms with E-state index in [2.05, 4.69) is 20.9 Å². The Kier molecular flexibility index (Phi) is 8.92. The number of aromatic nitrogens is 1. The summed E-state index contributed by atoms with van der Waals surface area (Å²) in [4.78, 5) is 61.8. The van der Waals surface area contributed by atoms with Crippen molar-refractivity contribution in [2.75, 3.05) is 6.54 Å². The van der Waals surface area contributed by atoms with Crippen molar-refractivity contribution in [1.29, 1.82) is 0 Å². The lowest BCUT2D eigenvalue weighted by atomic mass is 10.0. The molecule has 33 heavy (non-hydrogen) atoms. The molecule has 1 aromatic heterocycles. The zero-order valence-corrected chi connectivity index (χ0v) is 18.0. The van der Waals surface area contributed by atoms with Crippen LogP contribution in [0.25, 0.3) is 10.9 Å². The average molecular weight is 461 g/mol. The molecule has 12 heteroatoms. The van der Waals surface area contributed by atoms with Crippen molar-refractivity contribution in [3.05, 3.63) is 36.0 Å². The van der Waals surface area contributed by atoms with Gasteiger partial charge in [0.05, 0.1) is 12.6 Å². The molecule has 0 spiro atoms. The van der Waals surface area contributed by atoms with Gasteiger partial charge in [0.25, 0.3) is 0 Å². The molecule has 8 N–H and O–H groups in total. The van der Waals surface area contributed by atoms with E-state index in [9.17, 15) is 24.0 Å². The second kappa shape index (κ2) is 11.6. The Morgan fingerprint density at radius 1 is 1.06 bits per heavy atom. The number of nitrogens with two attached hydrogens (primary N) is 1. The van der Waals surface area contributed by atoms with Crippen LogP contribution < -0.4 is 21.7 Å². The van der Waals surface area contributed by atoms with Gasteiger partial charge in [-0.1, -0.05) is 18.2 Å². The predicted molar refractivity (Wildman–Crippen MR) is 117 cm³/mol. The molecule has 3 amide bonds. The van der Waals surface area contributed by atoms with Crippen molar-refractivity contribution < 1.29 is 34.2 Å². The number of aromatic amines is 1. The Balaban J connectivity index is 2.05. The quantitative estimate of drug-likeness (QED) is 0.210. The topological polar surface area (TPSA) is 204 Å². The number of nitrogens with one attached hydrogen (secondary N) is 4. The number of para-hydroxylation sites is 1. The largest absolute Gasteiger partial charge is 0.481 e. The van der Waals surface area contributed by atoms with Crippen LogP contribution in [0.1, 0.15) is 25.3 Å². The highest BCUT2D eigenvalue weighted by Crippen LogP contribution is 2.19. The second-order valence-corrected chi connectivity index (χ2v) is 7.51. The Hall–Kier alpha value is -3.93. The Morgan fingerprint density at radius 3 is 2.42 bits per heavy atom. The number of fused-ring (bicyclic) bond motifs is 1. The molecule has 1 aromatic carbocycles. The zero-order valence-electron chi connectivity index (χ0n) is 18.0. The van der Waals surface area contributed by atoms with Crippen LogP contribution in [0, 0.1) is 0 Å². The molecule has 12 nitrogen and oxygen atoms in total. The van der Waals surface area contributed by atoms with Crippen molar-refractivity contribution in [2.45, 2.75) is 44.3 Å². The molecular formula is C21H27N5O7. The number of rotatable bonds is 12. The molecule has 0 radical (unpaired) electrons. The normalized spacial score (nSPS) is 13.5.